The Hall–Kier alpha value is -2.14. The number of anilines is 3. The van der Waals surface area contributed by atoms with E-state index in [1.165, 1.54) is 11.3 Å². The van der Waals surface area contributed by atoms with Gasteiger partial charge in [-0.05, 0) is 38.1 Å². The van der Waals surface area contributed by atoms with Crippen LogP contribution in [0.3, 0.4) is 0 Å². The molecule has 0 bridgehead atoms. The smallest absolute Gasteiger partial charge is 0.138 e. The summed E-state index contributed by atoms with van der Waals surface area (Å²) in [6.45, 7) is 12.8. The van der Waals surface area contributed by atoms with Crippen LogP contribution in [0.4, 0.5) is 17.3 Å². The standard InChI is InChI=1S/C19H27N5/c1-4-22-9-11-23(12-10-22)18-14-19(21-15-20-18)24(5-2)17-8-6-7-16(3)13-17/h6-8,13-15H,4-5,9-12H2,1-3H3. The highest BCUT2D eigenvalue weighted by Crippen LogP contribution is 2.26. The Morgan fingerprint density at radius 3 is 2.50 bits per heavy atom. The fraction of sp³-hybridized carbons (Fsp3) is 0.474. The van der Waals surface area contributed by atoms with Gasteiger partial charge in [-0.25, -0.2) is 9.97 Å². The van der Waals surface area contributed by atoms with Gasteiger partial charge in [0.15, 0.2) is 0 Å². The van der Waals surface area contributed by atoms with Crippen molar-refractivity contribution in [3.63, 3.8) is 0 Å². The fourth-order valence-electron chi connectivity index (χ4n) is 3.22. The van der Waals surface area contributed by atoms with E-state index in [4.69, 9.17) is 0 Å². The van der Waals surface area contributed by atoms with Crippen molar-refractivity contribution in [3.05, 3.63) is 42.2 Å². The first-order chi connectivity index (χ1) is 11.7. The van der Waals surface area contributed by atoms with Crippen LogP contribution in [-0.2, 0) is 0 Å². The Balaban J connectivity index is 1.81. The van der Waals surface area contributed by atoms with Crippen LogP contribution in [0, 0.1) is 6.92 Å². The summed E-state index contributed by atoms with van der Waals surface area (Å²) in [5.74, 6) is 1.99. The molecule has 3 rings (SSSR count). The first-order valence-electron chi connectivity index (χ1n) is 8.84. The van der Waals surface area contributed by atoms with E-state index in [0.29, 0.717) is 0 Å². The molecule has 1 aromatic carbocycles. The highest BCUT2D eigenvalue weighted by Gasteiger charge is 2.18. The number of piperazine rings is 1. The lowest BCUT2D eigenvalue weighted by molar-refractivity contribution is 0.270. The predicted octanol–water partition coefficient (Wildman–Crippen LogP) is 3.08. The highest BCUT2D eigenvalue weighted by atomic mass is 15.3. The van der Waals surface area contributed by atoms with Gasteiger partial charge in [-0.1, -0.05) is 19.1 Å². The van der Waals surface area contributed by atoms with Crippen LogP contribution >= 0.6 is 0 Å². The number of likely N-dealkylation sites (N-methyl/N-ethyl adjacent to an activating group) is 1. The van der Waals surface area contributed by atoms with Crippen molar-refractivity contribution in [1.29, 1.82) is 0 Å². The summed E-state index contributed by atoms with van der Waals surface area (Å²) in [5, 5.41) is 0. The van der Waals surface area contributed by atoms with Gasteiger partial charge in [-0.15, -0.1) is 0 Å². The van der Waals surface area contributed by atoms with E-state index in [0.717, 1.165) is 50.9 Å². The number of nitrogens with zero attached hydrogens (tertiary/aromatic N) is 5. The second-order valence-electron chi connectivity index (χ2n) is 6.24. The molecule has 1 aromatic heterocycles. The van der Waals surface area contributed by atoms with Crippen molar-refractivity contribution in [2.45, 2.75) is 20.8 Å². The van der Waals surface area contributed by atoms with Crippen LogP contribution in [0.1, 0.15) is 19.4 Å². The van der Waals surface area contributed by atoms with Gasteiger partial charge < -0.3 is 14.7 Å². The third kappa shape index (κ3) is 3.67. The molecule has 0 aliphatic carbocycles. The van der Waals surface area contributed by atoms with Gasteiger partial charge in [-0.3, -0.25) is 0 Å². The van der Waals surface area contributed by atoms with Crippen molar-refractivity contribution in [2.75, 3.05) is 49.1 Å². The van der Waals surface area contributed by atoms with E-state index in [-0.39, 0.29) is 0 Å². The molecule has 1 fully saturated rings. The molecule has 0 atom stereocenters. The first kappa shape index (κ1) is 16.7. The Bertz CT molecular complexity index is 664. The molecule has 5 nitrogen and oxygen atoms in total. The van der Waals surface area contributed by atoms with E-state index >= 15 is 0 Å². The maximum absolute atomic E-state index is 4.52. The Labute approximate surface area is 144 Å². The average Bonchev–Trinajstić information content (AvgIpc) is 2.63. The summed E-state index contributed by atoms with van der Waals surface area (Å²) in [5.41, 5.74) is 2.44. The number of hydrogen-bond donors (Lipinski definition) is 0. The lowest BCUT2D eigenvalue weighted by Crippen LogP contribution is -2.46. The van der Waals surface area contributed by atoms with Crippen LogP contribution in [0.15, 0.2) is 36.7 Å². The third-order valence-electron chi connectivity index (χ3n) is 4.69. The molecular formula is C19H27N5. The molecule has 1 saturated heterocycles. The minimum atomic E-state index is 0.878. The highest BCUT2D eigenvalue weighted by molar-refractivity contribution is 5.63. The van der Waals surface area contributed by atoms with Gasteiger partial charge in [0.1, 0.15) is 18.0 Å². The number of aromatic nitrogens is 2. The van der Waals surface area contributed by atoms with Crippen LogP contribution in [-0.4, -0.2) is 54.1 Å². The molecule has 1 aliphatic heterocycles. The maximum Gasteiger partial charge on any atom is 0.138 e. The molecule has 0 radical (unpaired) electrons. The molecule has 2 heterocycles. The second kappa shape index (κ2) is 7.62. The monoisotopic (exact) mass is 325 g/mol. The quantitative estimate of drug-likeness (QED) is 0.844. The summed E-state index contributed by atoms with van der Waals surface area (Å²) >= 11 is 0. The van der Waals surface area contributed by atoms with Gasteiger partial charge in [-0.2, -0.15) is 0 Å². The van der Waals surface area contributed by atoms with Crippen LogP contribution < -0.4 is 9.80 Å². The summed E-state index contributed by atoms with van der Waals surface area (Å²) in [4.78, 5) is 16.1. The molecule has 0 saturated carbocycles. The van der Waals surface area contributed by atoms with Crippen molar-refractivity contribution in [2.24, 2.45) is 0 Å². The van der Waals surface area contributed by atoms with Crippen LogP contribution in [0.5, 0.6) is 0 Å². The predicted molar refractivity (Wildman–Crippen MR) is 100 cm³/mol. The lowest BCUT2D eigenvalue weighted by atomic mass is 10.2. The number of hydrogen-bond acceptors (Lipinski definition) is 5. The molecule has 0 spiro atoms. The largest absolute Gasteiger partial charge is 0.354 e. The SMILES string of the molecule is CCN1CCN(c2cc(N(CC)c3cccc(C)c3)ncn2)CC1. The summed E-state index contributed by atoms with van der Waals surface area (Å²) in [6, 6.07) is 10.7. The van der Waals surface area contributed by atoms with E-state index in [2.05, 4.69) is 75.8 Å². The zero-order valence-corrected chi connectivity index (χ0v) is 14.9. The molecule has 2 aromatic rings. The minimum absolute atomic E-state index is 0.878. The molecular weight excluding hydrogens is 298 g/mol. The van der Waals surface area contributed by atoms with Gasteiger partial charge in [0.2, 0.25) is 0 Å². The molecule has 0 N–H and O–H groups in total. The fourth-order valence-corrected chi connectivity index (χ4v) is 3.22. The maximum atomic E-state index is 4.52. The normalized spacial score (nSPS) is 15.5. The first-order valence-corrected chi connectivity index (χ1v) is 8.84. The van der Waals surface area contributed by atoms with Crippen molar-refractivity contribution >= 4 is 17.3 Å². The molecule has 0 unspecified atom stereocenters. The molecule has 1 aliphatic rings. The molecule has 5 heteroatoms. The average molecular weight is 325 g/mol. The summed E-state index contributed by atoms with van der Waals surface area (Å²) in [6.07, 6.45) is 1.69. The van der Waals surface area contributed by atoms with Gasteiger partial charge in [0.25, 0.3) is 0 Å². The zero-order valence-electron chi connectivity index (χ0n) is 14.9. The number of aryl methyl sites for hydroxylation is 1. The van der Waals surface area contributed by atoms with Gasteiger partial charge >= 0.3 is 0 Å². The molecule has 24 heavy (non-hydrogen) atoms. The zero-order chi connectivity index (χ0) is 16.9. The minimum Gasteiger partial charge on any atom is -0.354 e. The Morgan fingerprint density at radius 2 is 1.83 bits per heavy atom. The lowest BCUT2D eigenvalue weighted by Gasteiger charge is -2.35. The van der Waals surface area contributed by atoms with Crippen LogP contribution in [0.25, 0.3) is 0 Å². The summed E-state index contributed by atoms with van der Waals surface area (Å²) in [7, 11) is 0. The van der Waals surface area contributed by atoms with E-state index in [1.807, 2.05) is 0 Å². The third-order valence-corrected chi connectivity index (χ3v) is 4.69. The van der Waals surface area contributed by atoms with Gasteiger partial charge in [0.05, 0.1) is 0 Å². The van der Waals surface area contributed by atoms with Gasteiger partial charge in [0, 0.05) is 44.5 Å². The molecule has 0 amide bonds. The Morgan fingerprint density at radius 1 is 1.04 bits per heavy atom. The molecule has 128 valence electrons. The van der Waals surface area contributed by atoms with Crippen molar-refractivity contribution < 1.29 is 0 Å². The van der Waals surface area contributed by atoms with Crippen molar-refractivity contribution in [3.8, 4) is 0 Å². The van der Waals surface area contributed by atoms with E-state index in [9.17, 15) is 0 Å². The van der Waals surface area contributed by atoms with Crippen molar-refractivity contribution in [1.82, 2.24) is 14.9 Å². The Kier molecular flexibility index (Phi) is 5.30. The number of rotatable bonds is 5. The summed E-state index contributed by atoms with van der Waals surface area (Å²) < 4.78 is 0. The van der Waals surface area contributed by atoms with E-state index in [1.54, 1.807) is 6.33 Å². The topological polar surface area (TPSA) is 35.5 Å². The number of benzene rings is 1. The second-order valence-corrected chi connectivity index (χ2v) is 6.24. The van der Waals surface area contributed by atoms with E-state index < -0.39 is 0 Å². The van der Waals surface area contributed by atoms with Crippen LogP contribution in [0.2, 0.25) is 0 Å².